The van der Waals surface area contributed by atoms with Gasteiger partial charge in [-0.1, -0.05) is 12.1 Å². The highest BCUT2D eigenvalue weighted by Gasteiger charge is 2.07. The molecule has 4 heteroatoms. The minimum atomic E-state index is -0.294. The molecule has 0 aliphatic carbocycles. The molecule has 0 aromatic heterocycles. The van der Waals surface area contributed by atoms with Gasteiger partial charge in [0.25, 0.3) is 0 Å². The quantitative estimate of drug-likeness (QED) is 0.446. The summed E-state index contributed by atoms with van der Waals surface area (Å²) in [4.78, 5) is 11.3. The summed E-state index contributed by atoms with van der Waals surface area (Å²) in [6, 6.07) is 7.26. The van der Waals surface area contributed by atoms with Gasteiger partial charge in [0, 0.05) is 6.04 Å². The van der Waals surface area contributed by atoms with Crippen molar-refractivity contribution in [2.45, 2.75) is 19.9 Å². The highest BCUT2D eigenvalue weighted by atomic mass is 16.5. The lowest BCUT2D eigenvalue weighted by Gasteiger charge is -2.10. The number of rotatable bonds is 4. The molecule has 1 rings (SSSR count). The Morgan fingerprint density at radius 3 is 2.53 bits per heavy atom. The second-order valence-corrected chi connectivity index (χ2v) is 3.23. The lowest BCUT2D eigenvalue weighted by Crippen LogP contribution is -2.25. The van der Waals surface area contributed by atoms with Crippen molar-refractivity contribution in [2.75, 3.05) is 6.61 Å². The lowest BCUT2D eigenvalue weighted by molar-refractivity contribution is 0.0526. The third-order valence-electron chi connectivity index (χ3n) is 2.17. The van der Waals surface area contributed by atoms with Crippen molar-refractivity contribution in [3.05, 3.63) is 35.4 Å². The van der Waals surface area contributed by atoms with Gasteiger partial charge in [-0.2, -0.15) is 0 Å². The Morgan fingerprint density at radius 2 is 2.07 bits per heavy atom. The maximum Gasteiger partial charge on any atom is 0.338 e. The molecule has 1 atom stereocenters. The van der Waals surface area contributed by atoms with Crippen LogP contribution in [0.15, 0.2) is 24.3 Å². The number of benzene rings is 1. The predicted octanol–water partition coefficient (Wildman–Crippen LogP) is 1.39. The van der Waals surface area contributed by atoms with E-state index in [-0.39, 0.29) is 12.0 Å². The van der Waals surface area contributed by atoms with Crippen molar-refractivity contribution < 1.29 is 9.53 Å². The number of nitrogens with one attached hydrogen (secondary N) is 1. The molecular weight excluding hydrogens is 192 g/mol. The molecule has 0 amide bonds. The van der Waals surface area contributed by atoms with Gasteiger partial charge in [0.05, 0.1) is 12.2 Å². The number of hydrogen-bond donors (Lipinski definition) is 2. The zero-order valence-electron chi connectivity index (χ0n) is 8.99. The lowest BCUT2D eigenvalue weighted by atomic mass is 10.1. The van der Waals surface area contributed by atoms with Gasteiger partial charge in [0.1, 0.15) is 0 Å². The van der Waals surface area contributed by atoms with Crippen LogP contribution in [0.4, 0.5) is 0 Å². The summed E-state index contributed by atoms with van der Waals surface area (Å²) >= 11 is 0. The van der Waals surface area contributed by atoms with E-state index in [0.717, 1.165) is 5.56 Å². The highest BCUT2D eigenvalue weighted by Crippen LogP contribution is 2.12. The predicted molar refractivity (Wildman–Crippen MR) is 58.1 cm³/mol. The van der Waals surface area contributed by atoms with Crippen molar-refractivity contribution in [1.29, 1.82) is 0 Å². The van der Waals surface area contributed by atoms with Gasteiger partial charge in [-0.25, -0.2) is 4.79 Å². The molecule has 0 aliphatic heterocycles. The van der Waals surface area contributed by atoms with Crippen LogP contribution < -0.4 is 11.3 Å². The Kier molecular flexibility index (Phi) is 4.27. The molecule has 82 valence electrons. The van der Waals surface area contributed by atoms with Gasteiger partial charge in [-0.3, -0.25) is 11.3 Å². The zero-order valence-corrected chi connectivity index (χ0v) is 8.99. The average Bonchev–Trinajstić information content (AvgIpc) is 2.28. The molecule has 0 fully saturated rings. The largest absolute Gasteiger partial charge is 0.462 e. The second kappa shape index (κ2) is 5.48. The average molecular weight is 208 g/mol. The topological polar surface area (TPSA) is 64.3 Å². The Hall–Kier alpha value is -1.39. The van der Waals surface area contributed by atoms with E-state index in [1.165, 1.54) is 0 Å². The van der Waals surface area contributed by atoms with E-state index in [1.807, 2.05) is 19.1 Å². The molecule has 4 nitrogen and oxygen atoms in total. The first-order chi connectivity index (χ1) is 7.19. The van der Waals surface area contributed by atoms with Gasteiger partial charge < -0.3 is 4.74 Å². The number of carbonyl (C=O) groups excluding carboxylic acids is 1. The summed E-state index contributed by atoms with van der Waals surface area (Å²) in [6.07, 6.45) is 0. The standard InChI is InChI=1S/C11H16N2O2/c1-3-15-11(14)10-6-4-9(5-7-10)8(2)13-12/h4-8,13H,3,12H2,1-2H3/t8-/m0/s1. The molecule has 3 N–H and O–H groups in total. The van der Waals surface area contributed by atoms with E-state index in [2.05, 4.69) is 5.43 Å². The van der Waals surface area contributed by atoms with Crippen molar-refractivity contribution >= 4 is 5.97 Å². The van der Waals surface area contributed by atoms with Crippen LogP contribution in [0.2, 0.25) is 0 Å². The number of carbonyl (C=O) groups is 1. The summed E-state index contributed by atoms with van der Waals surface area (Å²) < 4.78 is 4.88. The Bertz CT molecular complexity index is 322. The van der Waals surface area contributed by atoms with Gasteiger partial charge in [-0.15, -0.1) is 0 Å². The van der Waals surface area contributed by atoms with Gasteiger partial charge in [-0.05, 0) is 31.5 Å². The third kappa shape index (κ3) is 3.04. The fourth-order valence-electron chi connectivity index (χ4n) is 1.22. The zero-order chi connectivity index (χ0) is 11.3. The molecule has 0 saturated carbocycles. The molecule has 1 aromatic rings. The van der Waals surface area contributed by atoms with Crippen LogP contribution in [0, 0.1) is 0 Å². The molecule has 0 aliphatic rings. The molecule has 0 unspecified atom stereocenters. The second-order valence-electron chi connectivity index (χ2n) is 3.23. The van der Waals surface area contributed by atoms with Crippen molar-refractivity contribution in [3.8, 4) is 0 Å². The maximum atomic E-state index is 11.3. The van der Waals surface area contributed by atoms with Crippen LogP contribution in [-0.2, 0) is 4.74 Å². The van der Waals surface area contributed by atoms with Crippen LogP contribution in [0.3, 0.4) is 0 Å². The molecule has 0 heterocycles. The highest BCUT2D eigenvalue weighted by molar-refractivity contribution is 5.89. The van der Waals surface area contributed by atoms with Crippen LogP contribution in [0.25, 0.3) is 0 Å². The molecule has 0 saturated heterocycles. The summed E-state index contributed by atoms with van der Waals surface area (Å²) in [5.74, 6) is 5.01. The Morgan fingerprint density at radius 1 is 1.47 bits per heavy atom. The summed E-state index contributed by atoms with van der Waals surface area (Å²) in [5, 5.41) is 0. The SMILES string of the molecule is CCOC(=O)c1ccc([C@H](C)NN)cc1. The van der Waals surface area contributed by atoms with Crippen LogP contribution in [0.1, 0.15) is 35.8 Å². The molecule has 0 bridgehead atoms. The number of nitrogens with two attached hydrogens (primary N) is 1. The fourth-order valence-corrected chi connectivity index (χ4v) is 1.22. The van der Waals surface area contributed by atoms with Crippen LogP contribution in [0.5, 0.6) is 0 Å². The van der Waals surface area contributed by atoms with E-state index in [1.54, 1.807) is 19.1 Å². The fraction of sp³-hybridized carbons (Fsp3) is 0.364. The first kappa shape index (κ1) is 11.7. The molecular formula is C11H16N2O2. The summed E-state index contributed by atoms with van der Waals surface area (Å²) in [5.41, 5.74) is 4.23. The Labute approximate surface area is 89.4 Å². The first-order valence-corrected chi connectivity index (χ1v) is 4.92. The number of hydrazine groups is 1. The van der Waals surface area contributed by atoms with E-state index >= 15 is 0 Å². The van der Waals surface area contributed by atoms with E-state index in [0.29, 0.717) is 12.2 Å². The number of hydrogen-bond acceptors (Lipinski definition) is 4. The number of ether oxygens (including phenoxy) is 1. The minimum absolute atomic E-state index is 0.0706. The van der Waals surface area contributed by atoms with E-state index in [9.17, 15) is 4.79 Å². The minimum Gasteiger partial charge on any atom is -0.462 e. The van der Waals surface area contributed by atoms with Crippen molar-refractivity contribution in [2.24, 2.45) is 5.84 Å². The first-order valence-electron chi connectivity index (χ1n) is 4.92. The molecule has 0 spiro atoms. The van der Waals surface area contributed by atoms with Crippen molar-refractivity contribution in [1.82, 2.24) is 5.43 Å². The van der Waals surface area contributed by atoms with Crippen molar-refractivity contribution in [3.63, 3.8) is 0 Å². The molecule has 0 radical (unpaired) electrons. The maximum absolute atomic E-state index is 11.3. The third-order valence-corrected chi connectivity index (χ3v) is 2.17. The number of esters is 1. The van der Waals surface area contributed by atoms with Crippen LogP contribution >= 0.6 is 0 Å². The van der Waals surface area contributed by atoms with Gasteiger partial charge in [0.15, 0.2) is 0 Å². The van der Waals surface area contributed by atoms with E-state index in [4.69, 9.17) is 10.6 Å². The van der Waals surface area contributed by atoms with Gasteiger partial charge >= 0.3 is 5.97 Å². The summed E-state index contributed by atoms with van der Waals surface area (Å²) in [7, 11) is 0. The normalized spacial score (nSPS) is 12.2. The smallest absolute Gasteiger partial charge is 0.338 e. The van der Waals surface area contributed by atoms with Gasteiger partial charge in [0.2, 0.25) is 0 Å². The Balaban J connectivity index is 2.76. The monoisotopic (exact) mass is 208 g/mol. The van der Waals surface area contributed by atoms with Crippen LogP contribution in [-0.4, -0.2) is 12.6 Å². The van der Waals surface area contributed by atoms with E-state index < -0.39 is 0 Å². The molecule has 15 heavy (non-hydrogen) atoms. The molecule has 1 aromatic carbocycles. The summed E-state index contributed by atoms with van der Waals surface area (Å²) in [6.45, 7) is 4.12.